The lowest BCUT2D eigenvalue weighted by molar-refractivity contribution is -0.129. The van der Waals surface area contributed by atoms with Gasteiger partial charge in [-0.3, -0.25) is 4.79 Å². The Bertz CT molecular complexity index is 917. The van der Waals surface area contributed by atoms with Crippen LogP contribution in [0.3, 0.4) is 0 Å². The lowest BCUT2D eigenvalue weighted by atomic mass is 9.71. The lowest BCUT2D eigenvalue weighted by Gasteiger charge is -2.44. The van der Waals surface area contributed by atoms with Crippen molar-refractivity contribution in [2.75, 3.05) is 13.1 Å². The van der Waals surface area contributed by atoms with Gasteiger partial charge in [0.05, 0.1) is 10.4 Å². The van der Waals surface area contributed by atoms with E-state index in [9.17, 15) is 13.2 Å². The normalized spacial score (nSPS) is 20.3. The van der Waals surface area contributed by atoms with Gasteiger partial charge in [-0.15, -0.1) is 0 Å². The van der Waals surface area contributed by atoms with Gasteiger partial charge in [0.15, 0.2) is 0 Å². The maximum atomic E-state index is 12.9. The largest absolute Gasteiger partial charge is 0.346 e. The molecule has 28 heavy (non-hydrogen) atoms. The number of carbonyl (C=O) groups is 1. The molecule has 2 aromatic carbocycles. The van der Waals surface area contributed by atoms with Crippen molar-refractivity contribution in [1.82, 2.24) is 9.62 Å². The molecular formula is C22H26N2O3S. The van der Waals surface area contributed by atoms with Crippen LogP contribution < -0.4 is 5.32 Å². The van der Waals surface area contributed by atoms with Gasteiger partial charge in [0.1, 0.15) is 0 Å². The summed E-state index contributed by atoms with van der Waals surface area (Å²) in [5.41, 5.74) is 0.921. The van der Waals surface area contributed by atoms with Crippen molar-refractivity contribution in [2.45, 2.75) is 42.5 Å². The molecule has 1 saturated heterocycles. The Labute approximate surface area is 166 Å². The molecule has 1 aliphatic carbocycles. The van der Waals surface area contributed by atoms with Gasteiger partial charge in [-0.1, -0.05) is 48.5 Å². The number of carbonyl (C=O) groups excluding carboxylic acids is 1. The molecule has 2 aliphatic rings. The average Bonchev–Trinajstić information content (AvgIpc) is 2.72. The summed E-state index contributed by atoms with van der Waals surface area (Å²) < 4.78 is 27.0. The number of hydrogen-bond acceptors (Lipinski definition) is 3. The highest BCUT2D eigenvalue weighted by Crippen LogP contribution is 2.41. The van der Waals surface area contributed by atoms with E-state index in [1.807, 2.05) is 18.2 Å². The first kappa shape index (κ1) is 19.2. The number of benzene rings is 2. The maximum absolute atomic E-state index is 12.9. The zero-order chi connectivity index (χ0) is 19.6. The Morgan fingerprint density at radius 1 is 0.929 bits per heavy atom. The van der Waals surface area contributed by atoms with E-state index in [4.69, 9.17) is 0 Å². The average molecular weight is 399 g/mol. The second-order valence-electron chi connectivity index (χ2n) is 7.78. The summed E-state index contributed by atoms with van der Waals surface area (Å²) in [6, 6.07) is 18.7. The van der Waals surface area contributed by atoms with E-state index in [1.165, 1.54) is 9.87 Å². The number of hydrogen-bond donors (Lipinski definition) is 1. The fraction of sp³-hybridized carbons (Fsp3) is 0.409. The van der Waals surface area contributed by atoms with Crippen LogP contribution in [0.4, 0.5) is 0 Å². The Morgan fingerprint density at radius 3 is 2.04 bits per heavy atom. The van der Waals surface area contributed by atoms with Gasteiger partial charge in [-0.2, -0.15) is 4.31 Å². The summed E-state index contributed by atoms with van der Waals surface area (Å²) in [6.45, 7) is 0.765. The van der Waals surface area contributed by atoms with Crippen LogP contribution in [0.1, 0.15) is 37.7 Å². The zero-order valence-corrected chi connectivity index (χ0v) is 16.7. The van der Waals surface area contributed by atoms with Gasteiger partial charge in [0, 0.05) is 19.0 Å². The predicted octanol–water partition coefficient (Wildman–Crippen LogP) is 3.28. The van der Waals surface area contributed by atoms with E-state index in [0.717, 1.165) is 19.3 Å². The smallest absolute Gasteiger partial charge is 0.243 e. The van der Waals surface area contributed by atoms with Crippen molar-refractivity contribution in [3.8, 4) is 0 Å². The predicted molar refractivity (Wildman–Crippen MR) is 108 cm³/mol. The molecule has 2 aromatic rings. The molecule has 1 aliphatic heterocycles. The SMILES string of the molecule is O=C(NC1(c2ccccc2)CCC1)C1CCN(S(=O)(=O)c2ccccc2)CC1. The summed E-state index contributed by atoms with van der Waals surface area (Å²) in [5, 5.41) is 3.29. The monoisotopic (exact) mass is 398 g/mol. The third-order valence-corrected chi connectivity index (χ3v) is 8.01. The van der Waals surface area contributed by atoms with E-state index in [1.54, 1.807) is 30.3 Å². The van der Waals surface area contributed by atoms with Crippen molar-refractivity contribution < 1.29 is 13.2 Å². The summed E-state index contributed by atoms with van der Waals surface area (Å²) in [5.74, 6) is -0.0799. The highest BCUT2D eigenvalue weighted by molar-refractivity contribution is 7.89. The Morgan fingerprint density at radius 2 is 1.50 bits per heavy atom. The van der Waals surface area contributed by atoms with Crippen molar-refractivity contribution >= 4 is 15.9 Å². The first-order valence-corrected chi connectivity index (χ1v) is 11.4. The molecule has 1 N–H and O–H groups in total. The fourth-order valence-electron chi connectivity index (χ4n) is 4.21. The third kappa shape index (κ3) is 3.59. The molecule has 0 radical (unpaired) electrons. The van der Waals surface area contributed by atoms with E-state index < -0.39 is 10.0 Å². The molecule has 0 atom stereocenters. The van der Waals surface area contributed by atoms with Crippen molar-refractivity contribution in [2.24, 2.45) is 5.92 Å². The molecule has 6 heteroatoms. The molecule has 0 aromatic heterocycles. The Balaban J connectivity index is 1.39. The Hall–Kier alpha value is -2.18. The quantitative estimate of drug-likeness (QED) is 0.840. The van der Waals surface area contributed by atoms with Gasteiger partial charge in [0.25, 0.3) is 0 Å². The van der Waals surface area contributed by atoms with Crippen LogP contribution in [0.5, 0.6) is 0 Å². The van der Waals surface area contributed by atoms with Crippen LogP contribution in [0.15, 0.2) is 65.6 Å². The van der Waals surface area contributed by atoms with Gasteiger partial charge < -0.3 is 5.32 Å². The topological polar surface area (TPSA) is 66.5 Å². The minimum atomic E-state index is -3.48. The second-order valence-corrected chi connectivity index (χ2v) is 9.72. The van der Waals surface area contributed by atoms with Gasteiger partial charge >= 0.3 is 0 Å². The summed E-state index contributed by atoms with van der Waals surface area (Å²) >= 11 is 0. The first-order valence-electron chi connectivity index (χ1n) is 9.94. The number of nitrogens with one attached hydrogen (secondary N) is 1. The van der Waals surface area contributed by atoms with Gasteiger partial charge in [-0.25, -0.2) is 8.42 Å². The van der Waals surface area contributed by atoms with Crippen LogP contribution in [-0.4, -0.2) is 31.7 Å². The Kier molecular flexibility index (Phi) is 5.25. The summed E-state index contributed by atoms with van der Waals surface area (Å²) in [7, 11) is -3.48. The first-order chi connectivity index (χ1) is 13.5. The summed E-state index contributed by atoms with van der Waals surface area (Å²) in [4.78, 5) is 13.2. The lowest BCUT2D eigenvalue weighted by Crippen LogP contribution is -2.53. The maximum Gasteiger partial charge on any atom is 0.243 e. The molecule has 0 bridgehead atoms. The van der Waals surface area contributed by atoms with Crippen LogP contribution in [-0.2, 0) is 20.4 Å². The van der Waals surface area contributed by atoms with Crippen molar-refractivity contribution in [3.63, 3.8) is 0 Å². The number of rotatable bonds is 5. The van der Waals surface area contributed by atoms with Gasteiger partial charge in [-0.05, 0) is 49.8 Å². The standard InChI is InChI=1S/C22H26N2O3S/c25-21(23-22(14-7-15-22)19-8-3-1-4-9-19)18-12-16-24(17-13-18)28(26,27)20-10-5-2-6-11-20/h1-6,8-11,18H,7,12-17H2,(H,23,25). The zero-order valence-electron chi connectivity index (χ0n) is 15.9. The molecule has 0 spiro atoms. The summed E-state index contributed by atoms with van der Waals surface area (Å²) in [6.07, 6.45) is 4.16. The van der Waals surface area contributed by atoms with Crippen molar-refractivity contribution in [3.05, 3.63) is 66.2 Å². The number of nitrogens with zero attached hydrogens (tertiary/aromatic N) is 1. The second kappa shape index (κ2) is 7.68. The highest BCUT2D eigenvalue weighted by atomic mass is 32.2. The molecule has 1 amide bonds. The van der Waals surface area contributed by atoms with Crippen LogP contribution in [0.2, 0.25) is 0 Å². The molecule has 4 rings (SSSR count). The number of amides is 1. The highest BCUT2D eigenvalue weighted by Gasteiger charge is 2.42. The van der Waals surface area contributed by atoms with E-state index in [0.29, 0.717) is 30.8 Å². The van der Waals surface area contributed by atoms with E-state index in [2.05, 4.69) is 17.4 Å². The molecular weight excluding hydrogens is 372 g/mol. The molecule has 5 nitrogen and oxygen atoms in total. The van der Waals surface area contributed by atoms with Crippen molar-refractivity contribution in [1.29, 1.82) is 0 Å². The third-order valence-electron chi connectivity index (χ3n) is 6.10. The van der Waals surface area contributed by atoms with E-state index in [-0.39, 0.29) is 17.4 Å². The molecule has 1 saturated carbocycles. The van der Waals surface area contributed by atoms with Crippen LogP contribution in [0.25, 0.3) is 0 Å². The molecule has 0 unspecified atom stereocenters. The fourth-order valence-corrected chi connectivity index (χ4v) is 5.70. The molecule has 148 valence electrons. The van der Waals surface area contributed by atoms with Gasteiger partial charge in [0.2, 0.25) is 15.9 Å². The van der Waals surface area contributed by atoms with Crippen LogP contribution in [0, 0.1) is 5.92 Å². The molecule has 2 fully saturated rings. The van der Waals surface area contributed by atoms with Crippen LogP contribution >= 0.6 is 0 Å². The van der Waals surface area contributed by atoms with E-state index >= 15 is 0 Å². The minimum absolute atomic E-state index is 0.0558. The minimum Gasteiger partial charge on any atom is -0.346 e. The number of sulfonamides is 1. The molecule has 1 heterocycles. The number of piperidine rings is 1.